The minimum atomic E-state index is -1.11. The second kappa shape index (κ2) is 5.93. The molecule has 0 saturated carbocycles. The Balaban J connectivity index is 3.15. The summed E-state index contributed by atoms with van der Waals surface area (Å²) in [5.74, 6) is -0.671. The molecule has 1 aromatic rings. The third-order valence-corrected chi connectivity index (χ3v) is 2.74. The summed E-state index contributed by atoms with van der Waals surface area (Å²) in [6.45, 7) is 3.25. The summed E-state index contributed by atoms with van der Waals surface area (Å²) in [7, 11) is 1.39. The Morgan fingerprint density at radius 2 is 2.00 bits per heavy atom. The van der Waals surface area contributed by atoms with Crippen molar-refractivity contribution in [2.45, 2.75) is 26.1 Å². The van der Waals surface area contributed by atoms with Crippen molar-refractivity contribution in [1.82, 2.24) is 0 Å². The molecular weight excluding hydrogens is 260 g/mol. The fraction of sp³-hybridized carbons (Fsp3) is 0.417. The molecule has 2 N–H and O–H groups in total. The van der Waals surface area contributed by atoms with Gasteiger partial charge >= 0.3 is 5.97 Å². The van der Waals surface area contributed by atoms with Gasteiger partial charge in [-0.1, -0.05) is 11.6 Å². The lowest BCUT2D eigenvalue weighted by Gasteiger charge is -2.20. The molecule has 18 heavy (non-hydrogen) atoms. The lowest BCUT2D eigenvalue weighted by Crippen LogP contribution is -2.26. The van der Waals surface area contributed by atoms with Crippen LogP contribution in [0.5, 0.6) is 11.5 Å². The van der Waals surface area contributed by atoms with Crippen LogP contribution in [0.1, 0.15) is 24.2 Å². The molecule has 0 fully saturated rings. The van der Waals surface area contributed by atoms with E-state index in [1.165, 1.54) is 19.2 Å². The number of aliphatic hydroxyl groups is 1. The van der Waals surface area contributed by atoms with Crippen molar-refractivity contribution in [1.29, 1.82) is 0 Å². The van der Waals surface area contributed by atoms with Crippen molar-refractivity contribution in [2.75, 3.05) is 7.11 Å². The van der Waals surface area contributed by atoms with Crippen LogP contribution in [0.15, 0.2) is 12.1 Å². The summed E-state index contributed by atoms with van der Waals surface area (Å²) in [5, 5.41) is 18.4. The van der Waals surface area contributed by atoms with E-state index < -0.39 is 18.2 Å². The number of carboxylic acids is 1. The molecule has 0 radical (unpaired) electrons. The van der Waals surface area contributed by atoms with E-state index in [9.17, 15) is 9.90 Å². The number of carbonyl (C=O) groups is 1. The molecule has 2 atom stereocenters. The number of aliphatic hydroxyl groups excluding tert-OH is 1. The zero-order valence-electron chi connectivity index (χ0n) is 10.3. The molecule has 100 valence electrons. The van der Waals surface area contributed by atoms with Crippen molar-refractivity contribution >= 4 is 17.6 Å². The maximum Gasteiger partial charge on any atom is 0.335 e. The van der Waals surface area contributed by atoms with Gasteiger partial charge < -0.3 is 19.7 Å². The zero-order chi connectivity index (χ0) is 13.9. The first kappa shape index (κ1) is 14.6. The van der Waals surface area contributed by atoms with Gasteiger partial charge in [-0.05, 0) is 26.0 Å². The van der Waals surface area contributed by atoms with Crippen LogP contribution >= 0.6 is 11.6 Å². The molecule has 0 heterocycles. The van der Waals surface area contributed by atoms with E-state index in [0.29, 0.717) is 0 Å². The highest BCUT2D eigenvalue weighted by Crippen LogP contribution is 2.37. The lowest BCUT2D eigenvalue weighted by molar-refractivity contribution is 0.0585. The molecule has 0 aliphatic carbocycles. The fourth-order valence-electron chi connectivity index (χ4n) is 1.24. The van der Waals surface area contributed by atoms with E-state index in [1.807, 2.05) is 0 Å². The monoisotopic (exact) mass is 274 g/mol. The predicted octanol–water partition coefficient (Wildman–Crippen LogP) is 2.19. The minimum absolute atomic E-state index is 0.00824. The van der Waals surface area contributed by atoms with E-state index >= 15 is 0 Å². The number of methoxy groups -OCH3 is 1. The second-order valence-corrected chi connectivity index (χ2v) is 4.27. The third-order valence-electron chi connectivity index (χ3n) is 2.46. The number of hydrogen-bond donors (Lipinski definition) is 2. The lowest BCUT2D eigenvalue weighted by atomic mass is 10.2. The van der Waals surface area contributed by atoms with Gasteiger partial charge in [-0.15, -0.1) is 0 Å². The molecule has 0 amide bonds. The maximum absolute atomic E-state index is 10.9. The van der Waals surface area contributed by atoms with Gasteiger partial charge in [0.05, 0.1) is 23.8 Å². The second-order valence-electron chi connectivity index (χ2n) is 3.86. The van der Waals surface area contributed by atoms with Gasteiger partial charge in [-0.2, -0.15) is 0 Å². The summed E-state index contributed by atoms with van der Waals surface area (Å²) >= 11 is 5.96. The van der Waals surface area contributed by atoms with Crippen LogP contribution < -0.4 is 9.47 Å². The van der Waals surface area contributed by atoms with Crippen LogP contribution in [0.25, 0.3) is 0 Å². The fourth-order valence-corrected chi connectivity index (χ4v) is 1.50. The van der Waals surface area contributed by atoms with Gasteiger partial charge in [0.1, 0.15) is 6.10 Å². The first-order valence-electron chi connectivity index (χ1n) is 5.32. The van der Waals surface area contributed by atoms with Gasteiger partial charge in [0.15, 0.2) is 11.5 Å². The SMILES string of the molecule is COc1cc(C(=O)O)cc(Cl)c1OC(C)C(C)O. The van der Waals surface area contributed by atoms with Gasteiger partial charge in [0.2, 0.25) is 0 Å². The van der Waals surface area contributed by atoms with Gasteiger partial charge in [-0.25, -0.2) is 4.79 Å². The number of aromatic carboxylic acids is 1. The van der Waals surface area contributed by atoms with Crippen LogP contribution in [0.2, 0.25) is 5.02 Å². The standard InChI is InChI=1S/C12H15ClO5/c1-6(14)7(2)18-11-9(13)4-8(12(15)16)5-10(11)17-3/h4-7,14H,1-3H3,(H,15,16). The molecule has 1 rings (SSSR count). The quantitative estimate of drug-likeness (QED) is 0.861. The van der Waals surface area contributed by atoms with E-state index in [0.717, 1.165) is 0 Å². The average Bonchev–Trinajstić information content (AvgIpc) is 2.30. The first-order valence-corrected chi connectivity index (χ1v) is 5.70. The topological polar surface area (TPSA) is 76.0 Å². The van der Waals surface area contributed by atoms with Crippen LogP contribution in [0.3, 0.4) is 0 Å². The molecule has 0 bridgehead atoms. The summed E-state index contributed by atoms with van der Waals surface area (Å²) in [6.07, 6.45) is -1.18. The normalized spacial score (nSPS) is 13.8. The Bertz CT molecular complexity index is 444. The van der Waals surface area contributed by atoms with Gasteiger partial charge in [0.25, 0.3) is 0 Å². The summed E-state index contributed by atoms with van der Waals surface area (Å²) < 4.78 is 10.5. The zero-order valence-corrected chi connectivity index (χ0v) is 11.1. The maximum atomic E-state index is 10.9. The Kier molecular flexibility index (Phi) is 4.81. The highest BCUT2D eigenvalue weighted by Gasteiger charge is 2.19. The van der Waals surface area contributed by atoms with Crippen molar-refractivity contribution in [3.63, 3.8) is 0 Å². The molecule has 2 unspecified atom stereocenters. The summed E-state index contributed by atoms with van der Waals surface area (Å²) in [5.41, 5.74) is 0.00824. The highest BCUT2D eigenvalue weighted by atomic mass is 35.5. The van der Waals surface area contributed by atoms with Crippen molar-refractivity contribution in [3.05, 3.63) is 22.7 Å². The van der Waals surface area contributed by atoms with Crippen LogP contribution in [-0.4, -0.2) is 35.5 Å². The van der Waals surface area contributed by atoms with Gasteiger partial charge in [-0.3, -0.25) is 0 Å². The molecule has 5 nitrogen and oxygen atoms in total. The van der Waals surface area contributed by atoms with E-state index in [2.05, 4.69) is 0 Å². The van der Waals surface area contributed by atoms with E-state index in [4.69, 9.17) is 26.2 Å². The molecule has 0 aromatic heterocycles. The molecule has 0 saturated heterocycles. The Morgan fingerprint density at radius 3 is 2.44 bits per heavy atom. The Labute approximate surface area is 110 Å². The largest absolute Gasteiger partial charge is 0.493 e. The number of hydrogen-bond acceptors (Lipinski definition) is 4. The van der Waals surface area contributed by atoms with E-state index in [1.54, 1.807) is 13.8 Å². The number of rotatable bonds is 5. The number of benzene rings is 1. The van der Waals surface area contributed by atoms with Crippen LogP contribution in [0.4, 0.5) is 0 Å². The molecule has 0 aliphatic heterocycles. The van der Waals surface area contributed by atoms with Gasteiger partial charge in [0, 0.05) is 0 Å². The van der Waals surface area contributed by atoms with Crippen LogP contribution in [0, 0.1) is 0 Å². The van der Waals surface area contributed by atoms with E-state index in [-0.39, 0.29) is 22.1 Å². The third kappa shape index (κ3) is 3.27. The molecule has 6 heteroatoms. The summed E-state index contributed by atoms with van der Waals surface area (Å²) in [4.78, 5) is 10.9. The number of ether oxygens (including phenoxy) is 2. The molecular formula is C12H15ClO5. The predicted molar refractivity (Wildman–Crippen MR) is 66.7 cm³/mol. The molecule has 1 aromatic carbocycles. The van der Waals surface area contributed by atoms with Crippen molar-refractivity contribution in [3.8, 4) is 11.5 Å². The first-order chi connectivity index (χ1) is 8.36. The number of carboxylic acid groups (broad SMARTS) is 1. The van der Waals surface area contributed by atoms with Crippen molar-refractivity contribution < 1.29 is 24.5 Å². The minimum Gasteiger partial charge on any atom is -0.493 e. The Morgan fingerprint density at radius 1 is 1.39 bits per heavy atom. The van der Waals surface area contributed by atoms with Crippen LogP contribution in [-0.2, 0) is 0 Å². The Hall–Kier alpha value is -1.46. The molecule has 0 spiro atoms. The van der Waals surface area contributed by atoms with Crippen molar-refractivity contribution in [2.24, 2.45) is 0 Å². The number of halogens is 1. The molecule has 0 aliphatic rings. The highest BCUT2D eigenvalue weighted by molar-refractivity contribution is 6.32. The average molecular weight is 275 g/mol. The smallest absolute Gasteiger partial charge is 0.335 e. The summed E-state index contributed by atoms with van der Waals surface area (Å²) in [6, 6.07) is 2.59.